The molecule has 1 aromatic rings. The number of phenolic OH excluding ortho intramolecular Hbond substituents is 1. The Morgan fingerprint density at radius 3 is 2.63 bits per heavy atom. The number of likely N-dealkylation sites (tertiary alicyclic amines) is 1. The van der Waals surface area contributed by atoms with Crippen LogP contribution in [0.15, 0.2) is 17.0 Å². The van der Waals surface area contributed by atoms with Gasteiger partial charge in [-0.1, -0.05) is 11.6 Å². The Balaban J connectivity index is 1.84. The number of amides is 3. The van der Waals surface area contributed by atoms with E-state index < -0.39 is 27.5 Å². The molecular weight excluding hydrogens is 398 g/mol. The Morgan fingerprint density at radius 1 is 1.33 bits per heavy atom. The zero-order valence-electron chi connectivity index (χ0n) is 13.9. The van der Waals surface area contributed by atoms with E-state index >= 15 is 0 Å². The van der Waals surface area contributed by atoms with Crippen LogP contribution >= 0.6 is 23.4 Å². The lowest BCUT2D eigenvalue weighted by Gasteiger charge is -2.18. The largest absolute Gasteiger partial charge is 0.502 e. The molecule has 0 aliphatic carbocycles. The van der Waals surface area contributed by atoms with Crippen molar-refractivity contribution in [2.24, 2.45) is 0 Å². The molecule has 1 N–H and O–H groups in total. The summed E-state index contributed by atoms with van der Waals surface area (Å²) in [5, 5.41) is 20.4. The first-order valence-corrected chi connectivity index (χ1v) is 9.17. The van der Waals surface area contributed by atoms with Gasteiger partial charge >= 0.3 is 5.69 Å². The number of thioether (sulfide) groups is 1. The van der Waals surface area contributed by atoms with E-state index in [1.165, 1.54) is 6.07 Å². The van der Waals surface area contributed by atoms with Crippen LogP contribution in [0.4, 0.5) is 10.5 Å². The van der Waals surface area contributed by atoms with Crippen LogP contribution in [0.5, 0.6) is 5.75 Å². The number of halogens is 1. The number of rotatable bonds is 4. The SMILES string of the molecule is O=C(CN1C(=O)S/C(=C/c2cc(Cl)cc([N+](=O)[O-])c2O)C1=O)N1CCCC1. The van der Waals surface area contributed by atoms with Crippen LogP contribution in [0.2, 0.25) is 5.02 Å². The molecule has 3 amide bonds. The normalized spacial score (nSPS) is 18.6. The molecule has 0 radical (unpaired) electrons. The van der Waals surface area contributed by atoms with Gasteiger partial charge in [-0.3, -0.25) is 29.4 Å². The molecule has 0 atom stereocenters. The molecule has 1 aromatic carbocycles. The highest BCUT2D eigenvalue weighted by atomic mass is 35.5. The van der Waals surface area contributed by atoms with Crippen LogP contribution < -0.4 is 0 Å². The van der Waals surface area contributed by atoms with Gasteiger partial charge in [0.1, 0.15) is 6.54 Å². The average molecular weight is 412 g/mol. The lowest BCUT2D eigenvalue weighted by molar-refractivity contribution is -0.385. The number of aromatic hydroxyl groups is 1. The van der Waals surface area contributed by atoms with Gasteiger partial charge in [-0.25, -0.2) is 0 Å². The highest BCUT2D eigenvalue weighted by molar-refractivity contribution is 8.18. The highest BCUT2D eigenvalue weighted by Gasteiger charge is 2.37. The van der Waals surface area contributed by atoms with Gasteiger partial charge in [-0.2, -0.15) is 0 Å². The zero-order chi connectivity index (χ0) is 19.7. The Labute approximate surface area is 162 Å². The Hall–Kier alpha value is -2.59. The van der Waals surface area contributed by atoms with Crippen molar-refractivity contribution in [1.82, 2.24) is 9.80 Å². The second kappa shape index (κ2) is 7.57. The first kappa shape index (κ1) is 19.2. The summed E-state index contributed by atoms with van der Waals surface area (Å²) in [7, 11) is 0. The number of nitro groups is 1. The minimum atomic E-state index is -0.807. The second-order valence-corrected chi connectivity index (χ2v) is 7.41. The number of nitrogens with zero attached hydrogens (tertiary/aromatic N) is 3. The molecule has 11 heteroatoms. The summed E-state index contributed by atoms with van der Waals surface area (Å²) in [4.78, 5) is 49.3. The van der Waals surface area contributed by atoms with E-state index in [1.807, 2.05) is 0 Å². The van der Waals surface area contributed by atoms with E-state index in [0.717, 1.165) is 29.9 Å². The van der Waals surface area contributed by atoms with Gasteiger partial charge in [-0.05, 0) is 36.7 Å². The lowest BCUT2D eigenvalue weighted by Crippen LogP contribution is -2.40. The van der Waals surface area contributed by atoms with Gasteiger partial charge in [0.25, 0.3) is 11.1 Å². The summed E-state index contributed by atoms with van der Waals surface area (Å²) >= 11 is 6.42. The van der Waals surface area contributed by atoms with Crippen LogP contribution in [0, 0.1) is 10.1 Å². The number of hydrogen-bond acceptors (Lipinski definition) is 7. The fraction of sp³-hybridized carbons (Fsp3) is 0.312. The van der Waals surface area contributed by atoms with E-state index in [2.05, 4.69) is 0 Å². The van der Waals surface area contributed by atoms with Crippen molar-refractivity contribution in [3.63, 3.8) is 0 Å². The van der Waals surface area contributed by atoms with Gasteiger partial charge in [0.05, 0.1) is 9.83 Å². The number of nitro benzene ring substituents is 1. The summed E-state index contributed by atoms with van der Waals surface area (Å²) in [5.41, 5.74) is -0.678. The van der Waals surface area contributed by atoms with Gasteiger partial charge in [0.2, 0.25) is 11.7 Å². The first-order valence-electron chi connectivity index (χ1n) is 7.98. The highest BCUT2D eigenvalue weighted by Crippen LogP contribution is 2.38. The van der Waals surface area contributed by atoms with Gasteiger partial charge in [-0.15, -0.1) is 0 Å². The van der Waals surface area contributed by atoms with E-state index in [9.17, 15) is 29.6 Å². The third kappa shape index (κ3) is 3.91. The van der Waals surface area contributed by atoms with Crippen molar-refractivity contribution >= 4 is 52.2 Å². The number of carbonyl (C=O) groups is 3. The molecule has 2 aliphatic rings. The van der Waals surface area contributed by atoms with Crippen LogP contribution in [0.25, 0.3) is 6.08 Å². The summed E-state index contributed by atoms with van der Waals surface area (Å²) in [6.07, 6.45) is 2.93. The third-order valence-electron chi connectivity index (χ3n) is 4.19. The molecule has 9 nitrogen and oxygen atoms in total. The Kier molecular flexibility index (Phi) is 5.38. The predicted octanol–water partition coefficient (Wildman–Crippen LogP) is 2.61. The monoisotopic (exact) mass is 411 g/mol. The summed E-state index contributed by atoms with van der Waals surface area (Å²) in [6.45, 7) is 0.847. The predicted molar refractivity (Wildman–Crippen MR) is 98.3 cm³/mol. The number of hydrogen-bond donors (Lipinski definition) is 1. The summed E-state index contributed by atoms with van der Waals surface area (Å²) in [5.74, 6) is -1.67. The molecule has 2 fully saturated rings. The maximum Gasteiger partial charge on any atom is 0.312 e. The van der Waals surface area contributed by atoms with Crippen molar-refractivity contribution in [3.05, 3.63) is 37.7 Å². The van der Waals surface area contributed by atoms with E-state index in [4.69, 9.17) is 11.6 Å². The number of imide groups is 1. The smallest absolute Gasteiger partial charge is 0.312 e. The van der Waals surface area contributed by atoms with E-state index in [-0.39, 0.29) is 27.9 Å². The lowest BCUT2D eigenvalue weighted by atomic mass is 10.1. The first-order chi connectivity index (χ1) is 12.8. The second-order valence-electron chi connectivity index (χ2n) is 5.98. The molecule has 3 rings (SSSR count). The van der Waals surface area contributed by atoms with Crippen molar-refractivity contribution in [1.29, 1.82) is 0 Å². The molecule has 0 unspecified atom stereocenters. The fourth-order valence-corrected chi connectivity index (χ4v) is 3.88. The van der Waals surface area contributed by atoms with Crippen LogP contribution in [0.1, 0.15) is 18.4 Å². The van der Waals surface area contributed by atoms with Crippen molar-refractivity contribution < 1.29 is 24.4 Å². The van der Waals surface area contributed by atoms with Crippen LogP contribution in [-0.2, 0) is 9.59 Å². The Morgan fingerprint density at radius 2 is 2.00 bits per heavy atom. The van der Waals surface area contributed by atoms with E-state index in [1.54, 1.807) is 4.90 Å². The zero-order valence-corrected chi connectivity index (χ0v) is 15.5. The molecule has 0 bridgehead atoms. The standard InChI is InChI=1S/C16H14ClN3O6S/c17-10-5-9(14(22)11(7-10)20(25)26)6-12-15(23)19(16(24)27-12)8-13(21)18-3-1-2-4-18/h5-7,22H,1-4,8H2/b12-6+. The van der Waals surface area contributed by atoms with E-state index in [0.29, 0.717) is 24.9 Å². The molecule has 2 aliphatic heterocycles. The molecular formula is C16H14ClN3O6S. The summed E-state index contributed by atoms with van der Waals surface area (Å²) < 4.78 is 0. The quantitative estimate of drug-likeness (QED) is 0.459. The molecule has 0 saturated carbocycles. The van der Waals surface area contributed by atoms with Gasteiger partial charge < -0.3 is 10.0 Å². The van der Waals surface area contributed by atoms with Gasteiger partial charge in [0, 0.05) is 29.7 Å². The fourth-order valence-electron chi connectivity index (χ4n) is 2.83. The molecule has 27 heavy (non-hydrogen) atoms. The average Bonchev–Trinajstić information content (AvgIpc) is 3.22. The van der Waals surface area contributed by atoms with Crippen LogP contribution in [-0.4, -0.2) is 56.5 Å². The number of phenols is 1. The van der Waals surface area contributed by atoms with Crippen molar-refractivity contribution in [3.8, 4) is 5.75 Å². The third-order valence-corrected chi connectivity index (χ3v) is 5.32. The minimum absolute atomic E-state index is 0.00538. The molecule has 2 saturated heterocycles. The number of carbonyl (C=O) groups excluding carboxylic acids is 3. The number of benzene rings is 1. The molecule has 0 spiro atoms. The molecule has 2 heterocycles. The van der Waals surface area contributed by atoms with Crippen molar-refractivity contribution in [2.75, 3.05) is 19.6 Å². The topological polar surface area (TPSA) is 121 Å². The minimum Gasteiger partial charge on any atom is -0.502 e. The maximum atomic E-state index is 12.5. The van der Waals surface area contributed by atoms with Gasteiger partial charge in [0.15, 0.2) is 0 Å². The van der Waals surface area contributed by atoms with Crippen molar-refractivity contribution in [2.45, 2.75) is 12.8 Å². The van der Waals surface area contributed by atoms with Crippen LogP contribution in [0.3, 0.4) is 0 Å². The molecule has 142 valence electrons. The summed E-state index contributed by atoms with van der Waals surface area (Å²) in [6, 6.07) is 2.22. The Bertz CT molecular complexity index is 881. The maximum absolute atomic E-state index is 12.5. The molecule has 0 aromatic heterocycles.